The monoisotopic (exact) mass is 394 g/mol. The van der Waals surface area contributed by atoms with E-state index in [1.54, 1.807) is 0 Å². The average Bonchev–Trinajstić information content (AvgIpc) is 3.27. The summed E-state index contributed by atoms with van der Waals surface area (Å²) in [5.41, 5.74) is 0. The van der Waals surface area contributed by atoms with Crippen LogP contribution in [0, 0.1) is 0 Å². The largest absolute Gasteiger partial charge is 0.484 e. The number of nitrogens with one attached hydrogen (secondary N) is 1. The third kappa shape index (κ3) is 4.91. The molecule has 0 bridgehead atoms. The summed E-state index contributed by atoms with van der Waals surface area (Å²) in [7, 11) is 0. The van der Waals surface area contributed by atoms with E-state index >= 15 is 0 Å². The normalized spacial score (nSPS) is 15.6. The molecule has 0 unspecified atom stereocenters. The van der Waals surface area contributed by atoms with E-state index in [0.29, 0.717) is 12.5 Å². The number of carbonyl (C=O) groups is 1. The lowest BCUT2D eigenvalue weighted by atomic mass is 9.95. The molecule has 1 amide bonds. The molecule has 3 aromatic rings. The van der Waals surface area contributed by atoms with Crippen molar-refractivity contribution in [1.29, 1.82) is 0 Å². The standard InChI is InChI=1S/C23H26N2O2S/c26-23(17-27-21-8-7-18-4-1-2-5-20(18)16-21)24-11-14-25-12-9-19(10-13-25)22-6-3-15-28-22/h1-8,15-16,19H,9-14,17H2,(H,24,26). The molecule has 1 N–H and O–H groups in total. The van der Waals surface area contributed by atoms with E-state index in [1.165, 1.54) is 23.1 Å². The van der Waals surface area contributed by atoms with Gasteiger partial charge in [0.1, 0.15) is 5.75 Å². The van der Waals surface area contributed by atoms with Crippen molar-refractivity contribution in [3.05, 3.63) is 64.9 Å². The molecule has 1 aromatic heterocycles. The van der Waals surface area contributed by atoms with Crippen LogP contribution < -0.4 is 10.1 Å². The van der Waals surface area contributed by atoms with E-state index in [1.807, 2.05) is 47.7 Å². The molecule has 1 aliphatic rings. The zero-order valence-corrected chi connectivity index (χ0v) is 16.8. The number of rotatable bonds is 7. The van der Waals surface area contributed by atoms with Crippen molar-refractivity contribution >= 4 is 28.0 Å². The summed E-state index contributed by atoms with van der Waals surface area (Å²) in [5.74, 6) is 1.37. The number of hydrogen-bond donors (Lipinski definition) is 1. The highest BCUT2D eigenvalue weighted by Gasteiger charge is 2.20. The van der Waals surface area contributed by atoms with Gasteiger partial charge in [0.05, 0.1) is 0 Å². The maximum atomic E-state index is 12.1. The van der Waals surface area contributed by atoms with Gasteiger partial charge in [-0.3, -0.25) is 4.79 Å². The highest BCUT2D eigenvalue weighted by molar-refractivity contribution is 7.10. The lowest BCUT2D eigenvalue weighted by Crippen LogP contribution is -2.40. The van der Waals surface area contributed by atoms with Crippen molar-refractivity contribution in [2.45, 2.75) is 18.8 Å². The molecule has 0 aliphatic carbocycles. The summed E-state index contributed by atoms with van der Waals surface area (Å²) >= 11 is 1.87. The Morgan fingerprint density at radius 1 is 1.07 bits per heavy atom. The molecule has 5 heteroatoms. The van der Waals surface area contributed by atoms with Gasteiger partial charge in [-0.2, -0.15) is 0 Å². The van der Waals surface area contributed by atoms with E-state index < -0.39 is 0 Å². The van der Waals surface area contributed by atoms with Crippen LogP contribution in [0.25, 0.3) is 10.8 Å². The minimum Gasteiger partial charge on any atom is -0.484 e. The van der Waals surface area contributed by atoms with Crippen LogP contribution in [0.4, 0.5) is 0 Å². The van der Waals surface area contributed by atoms with Gasteiger partial charge in [0, 0.05) is 18.0 Å². The summed E-state index contributed by atoms with van der Waals surface area (Å²) in [4.78, 5) is 16.0. The second-order valence-corrected chi connectivity index (χ2v) is 8.26. The Morgan fingerprint density at radius 2 is 1.89 bits per heavy atom. The van der Waals surface area contributed by atoms with E-state index in [-0.39, 0.29) is 12.5 Å². The molecule has 4 rings (SSSR count). The molecule has 2 heterocycles. The number of carbonyl (C=O) groups excluding carboxylic acids is 1. The van der Waals surface area contributed by atoms with Crippen molar-refractivity contribution in [3.63, 3.8) is 0 Å². The second-order valence-electron chi connectivity index (χ2n) is 7.28. The van der Waals surface area contributed by atoms with Crippen LogP contribution in [0.15, 0.2) is 60.0 Å². The van der Waals surface area contributed by atoms with Gasteiger partial charge in [0.15, 0.2) is 6.61 Å². The number of piperidine rings is 1. The number of ether oxygens (including phenoxy) is 1. The fraction of sp³-hybridized carbons (Fsp3) is 0.348. The Balaban J connectivity index is 1.15. The van der Waals surface area contributed by atoms with Crippen molar-refractivity contribution in [1.82, 2.24) is 10.2 Å². The van der Waals surface area contributed by atoms with Gasteiger partial charge < -0.3 is 15.0 Å². The number of nitrogens with zero attached hydrogens (tertiary/aromatic N) is 1. The summed E-state index contributed by atoms with van der Waals surface area (Å²) < 4.78 is 5.65. The Hall–Kier alpha value is -2.37. The highest BCUT2D eigenvalue weighted by atomic mass is 32.1. The van der Waals surface area contributed by atoms with Gasteiger partial charge in [-0.05, 0) is 66.2 Å². The van der Waals surface area contributed by atoms with Crippen molar-refractivity contribution in [2.24, 2.45) is 0 Å². The number of likely N-dealkylation sites (tertiary alicyclic amines) is 1. The van der Waals surface area contributed by atoms with Gasteiger partial charge in [0.2, 0.25) is 0 Å². The van der Waals surface area contributed by atoms with Crippen LogP contribution in [-0.2, 0) is 4.79 Å². The SMILES string of the molecule is O=C(COc1ccc2ccccc2c1)NCCN1CCC(c2cccs2)CC1. The molecular weight excluding hydrogens is 368 g/mol. The van der Waals surface area contributed by atoms with Gasteiger partial charge >= 0.3 is 0 Å². The summed E-state index contributed by atoms with van der Waals surface area (Å²) in [6.07, 6.45) is 2.42. The van der Waals surface area contributed by atoms with E-state index in [0.717, 1.165) is 30.8 Å². The van der Waals surface area contributed by atoms with Crippen LogP contribution in [-0.4, -0.2) is 43.6 Å². The molecule has 0 radical (unpaired) electrons. The Labute approximate surface area is 170 Å². The van der Waals surface area contributed by atoms with Gasteiger partial charge in [-0.25, -0.2) is 0 Å². The van der Waals surface area contributed by atoms with Crippen molar-refractivity contribution in [3.8, 4) is 5.75 Å². The second kappa shape index (κ2) is 9.22. The molecule has 146 valence electrons. The molecular formula is C23H26N2O2S. The molecule has 4 nitrogen and oxygen atoms in total. The first-order chi connectivity index (χ1) is 13.8. The van der Waals surface area contributed by atoms with Gasteiger partial charge in [0.25, 0.3) is 5.91 Å². The number of thiophene rings is 1. The molecule has 0 atom stereocenters. The Morgan fingerprint density at radius 3 is 2.68 bits per heavy atom. The summed E-state index contributed by atoms with van der Waals surface area (Å²) in [5, 5.41) is 7.42. The quantitative estimate of drug-likeness (QED) is 0.650. The van der Waals surface area contributed by atoms with Gasteiger partial charge in [-0.15, -0.1) is 11.3 Å². The van der Waals surface area contributed by atoms with E-state index in [9.17, 15) is 4.79 Å². The minimum absolute atomic E-state index is 0.0544. The third-order valence-electron chi connectivity index (χ3n) is 5.37. The molecule has 28 heavy (non-hydrogen) atoms. The lowest BCUT2D eigenvalue weighted by Gasteiger charge is -2.31. The first kappa shape index (κ1) is 19.0. The molecule has 0 saturated carbocycles. The third-order valence-corrected chi connectivity index (χ3v) is 6.41. The number of amides is 1. The summed E-state index contributed by atoms with van der Waals surface area (Å²) in [6, 6.07) is 18.4. The van der Waals surface area contributed by atoms with Crippen LogP contribution in [0.5, 0.6) is 5.75 Å². The number of fused-ring (bicyclic) bond motifs is 1. The van der Waals surface area contributed by atoms with Gasteiger partial charge in [-0.1, -0.05) is 36.4 Å². The number of benzene rings is 2. The van der Waals surface area contributed by atoms with E-state index in [2.05, 4.69) is 33.8 Å². The molecule has 1 aliphatic heterocycles. The minimum atomic E-state index is -0.0679. The summed E-state index contributed by atoms with van der Waals surface area (Å²) in [6.45, 7) is 3.83. The highest BCUT2D eigenvalue weighted by Crippen LogP contribution is 2.30. The van der Waals surface area contributed by atoms with E-state index in [4.69, 9.17) is 4.74 Å². The molecule has 1 fully saturated rings. The molecule has 2 aromatic carbocycles. The zero-order valence-electron chi connectivity index (χ0n) is 16.0. The smallest absolute Gasteiger partial charge is 0.257 e. The average molecular weight is 395 g/mol. The first-order valence-electron chi connectivity index (χ1n) is 9.92. The lowest BCUT2D eigenvalue weighted by molar-refractivity contribution is -0.123. The molecule has 0 spiro atoms. The maximum Gasteiger partial charge on any atom is 0.257 e. The predicted molar refractivity (Wildman–Crippen MR) is 115 cm³/mol. The fourth-order valence-electron chi connectivity index (χ4n) is 3.78. The van der Waals surface area contributed by atoms with Crippen LogP contribution in [0.1, 0.15) is 23.6 Å². The first-order valence-corrected chi connectivity index (χ1v) is 10.8. The zero-order chi connectivity index (χ0) is 19.2. The fourth-order valence-corrected chi connectivity index (χ4v) is 4.67. The Bertz CT molecular complexity index is 902. The Kier molecular flexibility index (Phi) is 6.24. The van der Waals surface area contributed by atoms with Crippen LogP contribution in [0.2, 0.25) is 0 Å². The van der Waals surface area contributed by atoms with Crippen molar-refractivity contribution < 1.29 is 9.53 Å². The number of hydrogen-bond acceptors (Lipinski definition) is 4. The molecule has 1 saturated heterocycles. The topological polar surface area (TPSA) is 41.6 Å². The van der Waals surface area contributed by atoms with Crippen molar-refractivity contribution in [2.75, 3.05) is 32.8 Å². The van der Waals surface area contributed by atoms with Crippen LogP contribution in [0.3, 0.4) is 0 Å². The van der Waals surface area contributed by atoms with Crippen LogP contribution >= 0.6 is 11.3 Å². The predicted octanol–water partition coefficient (Wildman–Crippen LogP) is 4.28. The maximum absolute atomic E-state index is 12.1.